The fourth-order valence-electron chi connectivity index (χ4n) is 2.41. The van der Waals surface area contributed by atoms with E-state index in [4.69, 9.17) is 11.6 Å². The molecule has 0 spiro atoms. The van der Waals surface area contributed by atoms with E-state index < -0.39 is 5.24 Å². The molecule has 18 heavy (non-hydrogen) atoms. The van der Waals surface area contributed by atoms with Crippen LogP contribution in [0.2, 0.25) is 0 Å². The number of benzene rings is 1. The molecule has 0 radical (unpaired) electrons. The van der Waals surface area contributed by atoms with E-state index in [1.807, 2.05) is 42.6 Å². The molecule has 2 aromatic rings. The Labute approximate surface area is 110 Å². The van der Waals surface area contributed by atoms with E-state index in [1.54, 1.807) is 0 Å². The summed E-state index contributed by atoms with van der Waals surface area (Å²) in [6.45, 7) is 0. The average molecular weight is 258 g/mol. The lowest BCUT2D eigenvalue weighted by molar-refractivity contribution is 0.108. The Morgan fingerprint density at radius 3 is 2.83 bits per heavy atom. The first kappa shape index (κ1) is 11.3. The van der Waals surface area contributed by atoms with E-state index in [0.717, 1.165) is 17.3 Å². The van der Waals surface area contributed by atoms with Crippen LogP contribution in [0.1, 0.15) is 22.8 Å². The van der Waals surface area contributed by atoms with Crippen molar-refractivity contribution in [3.63, 3.8) is 0 Å². The Morgan fingerprint density at radius 1 is 1.28 bits per heavy atom. The number of hydrogen-bond donors (Lipinski definition) is 0. The molecule has 1 atom stereocenters. The summed E-state index contributed by atoms with van der Waals surface area (Å²) in [5, 5.41) is 0.515. The summed E-state index contributed by atoms with van der Waals surface area (Å²) in [4.78, 5) is 11.5. The zero-order valence-corrected chi connectivity index (χ0v) is 10.5. The van der Waals surface area contributed by atoms with Crippen molar-refractivity contribution < 1.29 is 4.79 Å². The largest absolute Gasteiger partial charge is 0.339 e. The molecule has 1 aliphatic rings. The van der Waals surface area contributed by atoms with E-state index in [-0.39, 0.29) is 6.04 Å². The molecule has 1 aromatic heterocycles. The second-order valence-corrected chi connectivity index (χ2v) is 4.70. The van der Waals surface area contributed by atoms with Crippen molar-refractivity contribution in [1.82, 2.24) is 4.57 Å². The van der Waals surface area contributed by atoms with Crippen molar-refractivity contribution >= 4 is 27.7 Å². The Kier molecular flexibility index (Phi) is 2.80. The van der Waals surface area contributed by atoms with Crippen LogP contribution in [0.3, 0.4) is 0 Å². The molecular formula is C15H12ClNO. The van der Waals surface area contributed by atoms with E-state index in [0.29, 0.717) is 5.56 Å². The van der Waals surface area contributed by atoms with Crippen LogP contribution in [0.4, 0.5) is 0 Å². The molecule has 0 N–H and O–H groups in total. The van der Waals surface area contributed by atoms with Gasteiger partial charge in [-0.15, -0.1) is 0 Å². The second-order valence-electron chi connectivity index (χ2n) is 4.36. The molecule has 1 heterocycles. The van der Waals surface area contributed by atoms with Crippen LogP contribution >= 0.6 is 11.6 Å². The van der Waals surface area contributed by atoms with Crippen molar-refractivity contribution in [1.29, 1.82) is 0 Å². The molecular weight excluding hydrogens is 246 g/mol. The van der Waals surface area contributed by atoms with Gasteiger partial charge in [0.25, 0.3) is 5.24 Å². The number of carbonyl (C=O) groups is 1. The van der Waals surface area contributed by atoms with Gasteiger partial charge < -0.3 is 4.57 Å². The minimum Gasteiger partial charge on any atom is -0.339 e. The Balaban J connectivity index is 2.20. The number of halogens is 1. The first-order valence-corrected chi connectivity index (χ1v) is 6.28. The lowest BCUT2D eigenvalue weighted by atomic mass is 10.1. The number of hydrogen-bond acceptors (Lipinski definition) is 1. The summed E-state index contributed by atoms with van der Waals surface area (Å²) >= 11 is 5.65. The minimum atomic E-state index is -0.403. The van der Waals surface area contributed by atoms with Gasteiger partial charge in [0.15, 0.2) is 0 Å². The normalized spacial score (nSPS) is 18.4. The third-order valence-electron chi connectivity index (χ3n) is 3.27. The molecule has 0 bridgehead atoms. The number of allylic oxidation sites excluding steroid dienone is 4. The third-order valence-corrected chi connectivity index (χ3v) is 3.47. The van der Waals surface area contributed by atoms with E-state index in [9.17, 15) is 4.79 Å². The van der Waals surface area contributed by atoms with Crippen LogP contribution in [0.25, 0.3) is 10.9 Å². The summed E-state index contributed by atoms with van der Waals surface area (Å²) in [5.74, 6) is 0. The van der Waals surface area contributed by atoms with Crippen molar-refractivity contribution in [2.75, 3.05) is 0 Å². The van der Waals surface area contributed by atoms with Gasteiger partial charge in [0.1, 0.15) is 0 Å². The molecule has 0 aliphatic heterocycles. The van der Waals surface area contributed by atoms with Crippen LogP contribution < -0.4 is 0 Å². The zero-order chi connectivity index (χ0) is 12.5. The first-order valence-electron chi connectivity index (χ1n) is 5.90. The molecule has 0 fully saturated rings. The fraction of sp³-hybridized carbons (Fsp3) is 0.133. The van der Waals surface area contributed by atoms with Crippen molar-refractivity contribution in [3.05, 3.63) is 60.3 Å². The molecule has 1 aromatic carbocycles. The summed E-state index contributed by atoms with van der Waals surface area (Å²) in [6.07, 6.45) is 11.1. The number of para-hydroxylation sites is 1. The molecule has 0 saturated heterocycles. The van der Waals surface area contributed by atoms with Gasteiger partial charge in [-0.2, -0.15) is 0 Å². The van der Waals surface area contributed by atoms with E-state index in [1.165, 1.54) is 0 Å². The topological polar surface area (TPSA) is 22.0 Å². The van der Waals surface area contributed by atoms with Gasteiger partial charge in [0.05, 0.1) is 11.6 Å². The average Bonchev–Trinajstić information content (AvgIpc) is 2.79. The standard InChI is InChI=1S/C15H12ClNO/c16-15(18)13-10-17(11-6-2-1-3-7-11)14-9-5-4-8-12(13)14/h1-6,8-11H,7H2. The number of carbonyl (C=O) groups excluding carboxylic acids is 1. The van der Waals surface area contributed by atoms with Gasteiger partial charge in [-0.1, -0.05) is 42.5 Å². The predicted octanol–water partition coefficient (Wildman–Crippen LogP) is 4.08. The molecule has 3 heteroatoms. The molecule has 0 saturated carbocycles. The lowest BCUT2D eigenvalue weighted by Gasteiger charge is -2.16. The minimum absolute atomic E-state index is 0.254. The Bertz CT molecular complexity index is 666. The van der Waals surface area contributed by atoms with Crippen molar-refractivity contribution in [2.24, 2.45) is 0 Å². The molecule has 2 nitrogen and oxygen atoms in total. The van der Waals surface area contributed by atoms with Crippen LogP contribution in [0, 0.1) is 0 Å². The number of fused-ring (bicyclic) bond motifs is 1. The van der Waals surface area contributed by atoms with Gasteiger partial charge in [-0.05, 0) is 24.1 Å². The second kappa shape index (κ2) is 4.46. The highest BCUT2D eigenvalue weighted by atomic mass is 35.5. The summed E-state index contributed by atoms with van der Waals surface area (Å²) in [7, 11) is 0. The Hall–Kier alpha value is -1.80. The third kappa shape index (κ3) is 1.79. The van der Waals surface area contributed by atoms with Crippen LogP contribution in [-0.4, -0.2) is 9.81 Å². The van der Waals surface area contributed by atoms with Crippen LogP contribution in [0.15, 0.2) is 54.8 Å². The zero-order valence-electron chi connectivity index (χ0n) is 9.71. The van der Waals surface area contributed by atoms with Crippen LogP contribution in [-0.2, 0) is 0 Å². The van der Waals surface area contributed by atoms with Crippen molar-refractivity contribution in [2.45, 2.75) is 12.5 Å². The predicted molar refractivity (Wildman–Crippen MR) is 74.1 cm³/mol. The maximum Gasteiger partial charge on any atom is 0.254 e. The molecule has 3 rings (SSSR count). The first-order chi connectivity index (χ1) is 8.77. The van der Waals surface area contributed by atoms with Gasteiger partial charge in [0.2, 0.25) is 0 Å². The summed E-state index contributed by atoms with van der Waals surface area (Å²) in [5.41, 5.74) is 1.63. The van der Waals surface area contributed by atoms with E-state index in [2.05, 4.69) is 16.7 Å². The number of aromatic nitrogens is 1. The molecule has 0 amide bonds. The van der Waals surface area contributed by atoms with E-state index >= 15 is 0 Å². The molecule has 90 valence electrons. The highest BCUT2D eigenvalue weighted by molar-refractivity contribution is 6.68. The van der Waals surface area contributed by atoms with Gasteiger partial charge >= 0.3 is 0 Å². The van der Waals surface area contributed by atoms with Gasteiger partial charge in [-0.25, -0.2) is 0 Å². The fourth-order valence-corrected chi connectivity index (χ4v) is 2.56. The summed E-state index contributed by atoms with van der Waals surface area (Å²) in [6, 6.07) is 8.11. The Morgan fingerprint density at radius 2 is 2.11 bits per heavy atom. The van der Waals surface area contributed by atoms with Crippen LogP contribution in [0.5, 0.6) is 0 Å². The SMILES string of the molecule is O=C(Cl)c1cn(C2C=CC=CC2)c2ccccc12. The number of rotatable bonds is 2. The maximum absolute atomic E-state index is 11.5. The summed E-state index contributed by atoms with van der Waals surface area (Å²) < 4.78 is 2.12. The molecule has 1 unspecified atom stereocenters. The maximum atomic E-state index is 11.5. The smallest absolute Gasteiger partial charge is 0.254 e. The van der Waals surface area contributed by atoms with Gasteiger partial charge in [-0.3, -0.25) is 4.79 Å². The highest BCUT2D eigenvalue weighted by Crippen LogP contribution is 2.29. The monoisotopic (exact) mass is 257 g/mol. The van der Waals surface area contributed by atoms with Gasteiger partial charge in [0, 0.05) is 17.1 Å². The highest BCUT2D eigenvalue weighted by Gasteiger charge is 2.16. The lowest BCUT2D eigenvalue weighted by Crippen LogP contribution is -2.05. The van der Waals surface area contributed by atoms with Crippen molar-refractivity contribution in [3.8, 4) is 0 Å². The quantitative estimate of drug-likeness (QED) is 0.743. The molecule has 1 aliphatic carbocycles. The number of nitrogens with zero attached hydrogens (tertiary/aromatic N) is 1.